The molecule has 4 heterocycles. The molecule has 136 valence electrons. The third-order valence-corrected chi connectivity index (χ3v) is 5.71. The molecule has 1 atom stereocenters. The third kappa shape index (κ3) is 3.57. The van der Waals surface area contributed by atoms with Crippen LogP contribution < -0.4 is 4.90 Å². The molecule has 0 aromatic carbocycles. The number of aromatic nitrogens is 2. The molecule has 0 radical (unpaired) electrons. The van der Waals surface area contributed by atoms with E-state index >= 15 is 0 Å². The Labute approximate surface area is 155 Å². The van der Waals surface area contributed by atoms with Gasteiger partial charge in [0.15, 0.2) is 0 Å². The number of carbonyl (C=O) groups excluding carboxylic acids is 1. The Morgan fingerprint density at radius 1 is 1.12 bits per heavy atom. The van der Waals surface area contributed by atoms with Gasteiger partial charge in [-0.15, -0.1) is 0 Å². The molecular weight excluding hydrogens is 324 g/mol. The summed E-state index contributed by atoms with van der Waals surface area (Å²) in [6.07, 6.45) is 7.65. The van der Waals surface area contributed by atoms with Gasteiger partial charge in [0.05, 0.1) is 12.2 Å². The molecule has 0 aliphatic carbocycles. The van der Waals surface area contributed by atoms with Crippen LogP contribution in [0.3, 0.4) is 0 Å². The van der Waals surface area contributed by atoms with E-state index in [9.17, 15) is 4.79 Å². The highest BCUT2D eigenvalue weighted by Crippen LogP contribution is 2.40. The molecule has 0 N–H and O–H groups in total. The lowest BCUT2D eigenvalue weighted by atomic mass is 9.73. The van der Waals surface area contributed by atoms with Gasteiger partial charge in [0.1, 0.15) is 5.82 Å². The third-order valence-electron chi connectivity index (χ3n) is 5.71. The number of carbonyl (C=O) groups is 1. The molecule has 0 bridgehead atoms. The minimum absolute atomic E-state index is 0.173. The molecule has 2 saturated heterocycles. The number of likely N-dealkylation sites (tertiary alicyclic amines) is 1. The Balaban J connectivity index is 1.51. The first kappa shape index (κ1) is 17.0. The molecule has 2 aromatic rings. The summed E-state index contributed by atoms with van der Waals surface area (Å²) in [5.74, 6) is 1.32. The zero-order valence-electron chi connectivity index (χ0n) is 15.4. The summed E-state index contributed by atoms with van der Waals surface area (Å²) in [7, 11) is 0. The zero-order valence-corrected chi connectivity index (χ0v) is 15.4. The van der Waals surface area contributed by atoms with E-state index in [2.05, 4.69) is 27.9 Å². The van der Waals surface area contributed by atoms with Gasteiger partial charge in [-0.1, -0.05) is 6.07 Å². The van der Waals surface area contributed by atoms with Crippen molar-refractivity contribution < 1.29 is 4.79 Å². The van der Waals surface area contributed by atoms with E-state index in [0.29, 0.717) is 13.0 Å². The predicted octanol–water partition coefficient (Wildman–Crippen LogP) is 3.19. The molecule has 5 nitrogen and oxygen atoms in total. The zero-order chi connectivity index (χ0) is 18.0. The van der Waals surface area contributed by atoms with Crippen LogP contribution in [-0.4, -0.2) is 40.4 Å². The van der Waals surface area contributed by atoms with Crippen molar-refractivity contribution in [1.82, 2.24) is 14.9 Å². The van der Waals surface area contributed by atoms with Crippen molar-refractivity contribution in [2.45, 2.75) is 39.2 Å². The van der Waals surface area contributed by atoms with Crippen LogP contribution in [0.25, 0.3) is 0 Å². The number of hydrogen-bond acceptors (Lipinski definition) is 4. The van der Waals surface area contributed by atoms with Gasteiger partial charge in [-0.05, 0) is 56.0 Å². The van der Waals surface area contributed by atoms with Gasteiger partial charge in [-0.2, -0.15) is 0 Å². The number of nitrogens with zero attached hydrogens (tertiary/aromatic N) is 4. The maximum Gasteiger partial charge on any atom is 0.222 e. The first-order valence-corrected chi connectivity index (χ1v) is 9.49. The Morgan fingerprint density at radius 2 is 2.04 bits per heavy atom. The van der Waals surface area contributed by atoms with E-state index in [1.165, 1.54) is 12.0 Å². The molecule has 1 spiro atoms. The van der Waals surface area contributed by atoms with Crippen molar-refractivity contribution in [2.24, 2.45) is 5.41 Å². The molecular formula is C21H26N4O. The van der Waals surface area contributed by atoms with Gasteiger partial charge < -0.3 is 9.80 Å². The highest BCUT2D eigenvalue weighted by atomic mass is 16.2. The number of hydrogen-bond donors (Lipinski definition) is 0. The Hall–Kier alpha value is -2.43. The van der Waals surface area contributed by atoms with Crippen molar-refractivity contribution in [3.8, 4) is 0 Å². The van der Waals surface area contributed by atoms with Gasteiger partial charge >= 0.3 is 0 Å². The second-order valence-electron chi connectivity index (χ2n) is 7.79. The number of rotatable bonds is 3. The van der Waals surface area contributed by atoms with E-state index in [4.69, 9.17) is 0 Å². The van der Waals surface area contributed by atoms with E-state index in [1.807, 2.05) is 35.4 Å². The minimum Gasteiger partial charge on any atom is -0.356 e. The lowest BCUT2D eigenvalue weighted by molar-refractivity contribution is -0.138. The first-order valence-electron chi connectivity index (χ1n) is 9.49. The van der Waals surface area contributed by atoms with Crippen molar-refractivity contribution >= 4 is 11.7 Å². The Morgan fingerprint density at radius 3 is 2.85 bits per heavy atom. The number of pyridine rings is 2. The van der Waals surface area contributed by atoms with Crippen LogP contribution in [-0.2, 0) is 11.3 Å². The Kier molecular flexibility index (Phi) is 4.62. The summed E-state index contributed by atoms with van der Waals surface area (Å²) in [5.41, 5.74) is 2.38. The van der Waals surface area contributed by atoms with Crippen molar-refractivity contribution in [1.29, 1.82) is 0 Å². The molecule has 0 unspecified atom stereocenters. The van der Waals surface area contributed by atoms with Crippen molar-refractivity contribution in [3.05, 3.63) is 54.0 Å². The van der Waals surface area contributed by atoms with E-state index < -0.39 is 0 Å². The van der Waals surface area contributed by atoms with Crippen LogP contribution in [0.5, 0.6) is 0 Å². The average Bonchev–Trinajstić information content (AvgIpc) is 2.66. The monoisotopic (exact) mass is 350 g/mol. The topological polar surface area (TPSA) is 49.3 Å². The van der Waals surface area contributed by atoms with Crippen LogP contribution in [0, 0.1) is 12.3 Å². The van der Waals surface area contributed by atoms with Gasteiger partial charge in [0.2, 0.25) is 5.91 Å². The maximum atomic E-state index is 12.5. The van der Waals surface area contributed by atoms with Crippen LogP contribution in [0.15, 0.2) is 42.7 Å². The van der Waals surface area contributed by atoms with E-state index in [1.54, 1.807) is 6.20 Å². The van der Waals surface area contributed by atoms with Crippen LogP contribution in [0.2, 0.25) is 0 Å². The molecule has 0 saturated carbocycles. The Bertz CT molecular complexity index is 779. The lowest BCUT2D eigenvalue weighted by Gasteiger charge is -2.48. The molecule has 26 heavy (non-hydrogen) atoms. The normalized spacial score (nSPS) is 23.5. The fourth-order valence-corrected chi connectivity index (χ4v) is 4.36. The molecule has 4 rings (SSSR count). The SMILES string of the molecule is Cc1ccnc(N2CCC[C@@]3(CCC(=O)N(Cc4ccccn4)C3)C2)c1. The molecule has 2 fully saturated rings. The fourth-order valence-electron chi connectivity index (χ4n) is 4.36. The predicted molar refractivity (Wildman–Crippen MR) is 102 cm³/mol. The fraction of sp³-hybridized carbons (Fsp3) is 0.476. The standard InChI is InChI=1S/C21H26N4O/c1-17-7-11-23-19(13-17)24-12-4-8-21(15-24)9-6-20(26)25(16-21)14-18-5-2-3-10-22-18/h2-3,5,7,10-11,13H,4,6,8-9,12,14-16H2,1H3/t21-/m1/s1. The molecule has 2 aliphatic heterocycles. The number of piperidine rings is 2. The average molecular weight is 350 g/mol. The van der Waals surface area contributed by atoms with Gasteiger partial charge in [0, 0.05) is 43.9 Å². The largest absolute Gasteiger partial charge is 0.356 e. The van der Waals surface area contributed by atoms with Crippen molar-refractivity contribution in [3.63, 3.8) is 0 Å². The van der Waals surface area contributed by atoms with Gasteiger partial charge in [-0.3, -0.25) is 9.78 Å². The quantitative estimate of drug-likeness (QED) is 0.853. The molecule has 2 aliphatic rings. The summed E-state index contributed by atoms with van der Waals surface area (Å²) in [5, 5.41) is 0. The van der Waals surface area contributed by atoms with Gasteiger partial charge in [0.25, 0.3) is 0 Å². The van der Waals surface area contributed by atoms with Crippen LogP contribution >= 0.6 is 0 Å². The minimum atomic E-state index is 0.173. The summed E-state index contributed by atoms with van der Waals surface area (Å²) >= 11 is 0. The highest BCUT2D eigenvalue weighted by molar-refractivity contribution is 5.77. The molecule has 5 heteroatoms. The lowest BCUT2D eigenvalue weighted by Crippen LogP contribution is -2.54. The second-order valence-corrected chi connectivity index (χ2v) is 7.79. The summed E-state index contributed by atoms with van der Waals surface area (Å²) in [6, 6.07) is 10.1. The molecule has 1 amide bonds. The van der Waals surface area contributed by atoms with Crippen molar-refractivity contribution in [2.75, 3.05) is 24.5 Å². The number of amides is 1. The highest BCUT2D eigenvalue weighted by Gasteiger charge is 2.42. The number of anilines is 1. The first-order chi connectivity index (χ1) is 12.6. The van der Waals surface area contributed by atoms with E-state index in [0.717, 1.165) is 44.0 Å². The summed E-state index contributed by atoms with van der Waals surface area (Å²) in [4.78, 5) is 25.9. The molecule has 2 aromatic heterocycles. The second kappa shape index (κ2) is 7.06. The maximum absolute atomic E-state index is 12.5. The van der Waals surface area contributed by atoms with Crippen LogP contribution in [0.4, 0.5) is 5.82 Å². The van der Waals surface area contributed by atoms with E-state index in [-0.39, 0.29) is 11.3 Å². The summed E-state index contributed by atoms with van der Waals surface area (Å²) in [6.45, 7) is 5.58. The number of aryl methyl sites for hydroxylation is 1. The summed E-state index contributed by atoms with van der Waals surface area (Å²) < 4.78 is 0. The van der Waals surface area contributed by atoms with Gasteiger partial charge in [-0.25, -0.2) is 4.98 Å². The smallest absolute Gasteiger partial charge is 0.222 e. The van der Waals surface area contributed by atoms with Crippen LogP contribution in [0.1, 0.15) is 36.9 Å².